The molecule has 0 saturated carbocycles. The molecule has 2 aliphatic rings. The highest BCUT2D eigenvalue weighted by Gasteiger charge is 2.35. The van der Waals surface area contributed by atoms with Gasteiger partial charge in [-0.3, -0.25) is 4.90 Å². The molecule has 1 fully saturated rings. The van der Waals surface area contributed by atoms with Gasteiger partial charge >= 0.3 is 0 Å². The van der Waals surface area contributed by atoms with E-state index in [0.29, 0.717) is 6.04 Å². The highest BCUT2D eigenvalue weighted by Crippen LogP contribution is 2.38. The van der Waals surface area contributed by atoms with E-state index in [9.17, 15) is 5.11 Å². The van der Waals surface area contributed by atoms with Crippen molar-refractivity contribution in [2.75, 3.05) is 6.54 Å². The van der Waals surface area contributed by atoms with Gasteiger partial charge in [-0.05, 0) is 36.4 Å². The van der Waals surface area contributed by atoms with Gasteiger partial charge in [-0.1, -0.05) is 6.42 Å². The molecule has 0 unspecified atom stereocenters. The van der Waals surface area contributed by atoms with Crippen molar-refractivity contribution in [2.24, 2.45) is 0 Å². The van der Waals surface area contributed by atoms with E-state index in [1.54, 1.807) is 11.3 Å². The quantitative estimate of drug-likeness (QED) is 0.707. The van der Waals surface area contributed by atoms with Gasteiger partial charge in [0, 0.05) is 17.5 Å². The van der Waals surface area contributed by atoms with E-state index in [1.165, 1.54) is 29.8 Å². The van der Waals surface area contributed by atoms with Crippen molar-refractivity contribution >= 4 is 11.3 Å². The van der Waals surface area contributed by atoms with Crippen molar-refractivity contribution < 1.29 is 5.11 Å². The minimum atomic E-state index is -0.231. The second kappa shape index (κ2) is 3.33. The van der Waals surface area contributed by atoms with Crippen LogP contribution in [0.25, 0.3) is 0 Å². The highest BCUT2D eigenvalue weighted by atomic mass is 32.1. The summed E-state index contributed by atoms with van der Waals surface area (Å²) in [4.78, 5) is 3.82. The van der Waals surface area contributed by atoms with E-state index in [-0.39, 0.29) is 6.10 Å². The molecular weight excluding hydrogens is 194 g/mol. The van der Waals surface area contributed by atoms with E-state index in [0.717, 1.165) is 13.0 Å². The van der Waals surface area contributed by atoms with Gasteiger partial charge < -0.3 is 5.11 Å². The molecule has 1 N–H and O–H groups in total. The fourth-order valence-electron chi connectivity index (χ4n) is 2.70. The van der Waals surface area contributed by atoms with Crippen molar-refractivity contribution in [3.8, 4) is 0 Å². The minimum absolute atomic E-state index is 0.231. The zero-order valence-corrected chi connectivity index (χ0v) is 8.96. The summed E-state index contributed by atoms with van der Waals surface area (Å²) in [6, 6.07) is 2.49. The van der Waals surface area contributed by atoms with Crippen molar-refractivity contribution in [1.29, 1.82) is 0 Å². The molecule has 3 rings (SSSR count). The van der Waals surface area contributed by atoms with Gasteiger partial charge in [-0.25, -0.2) is 0 Å². The summed E-state index contributed by atoms with van der Waals surface area (Å²) in [6.07, 6.45) is 3.50. The average molecular weight is 209 g/mol. The zero-order chi connectivity index (χ0) is 9.54. The first kappa shape index (κ1) is 8.89. The second-order valence-corrected chi connectivity index (χ2v) is 5.28. The minimum Gasteiger partial charge on any atom is -0.387 e. The van der Waals surface area contributed by atoms with E-state index >= 15 is 0 Å². The number of rotatable bonds is 0. The number of hydrogen-bond acceptors (Lipinski definition) is 3. The number of aliphatic hydroxyl groups excluding tert-OH is 1. The van der Waals surface area contributed by atoms with Gasteiger partial charge in [0.25, 0.3) is 0 Å². The summed E-state index contributed by atoms with van der Waals surface area (Å²) in [7, 11) is 0. The number of piperidine rings is 1. The second-order valence-electron chi connectivity index (χ2n) is 4.28. The lowest BCUT2D eigenvalue weighted by Gasteiger charge is -2.41. The van der Waals surface area contributed by atoms with Gasteiger partial charge in [-0.15, -0.1) is 11.3 Å². The molecule has 1 aromatic heterocycles. The Morgan fingerprint density at radius 2 is 2.36 bits per heavy atom. The average Bonchev–Trinajstić information content (AvgIpc) is 2.66. The summed E-state index contributed by atoms with van der Waals surface area (Å²) in [6.45, 7) is 2.23. The van der Waals surface area contributed by atoms with E-state index in [1.807, 2.05) is 0 Å². The molecule has 2 aliphatic heterocycles. The van der Waals surface area contributed by atoms with Gasteiger partial charge in [0.1, 0.15) is 0 Å². The van der Waals surface area contributed by atoms with Gasteiger partial charge in [0.2, 0.25) is 0 Å². The first-order valence-corrected chi connectivity index (χ1v) is 6.22. The Morgan fingerprint density at radius 1 is 1.43 bits per heavy atom. The molecule has 0 radical (unpaired) electrons. The Labute approximate surface area is 88.2 Å². The number of hydrogen-bond donors (Lipinski definition) is 1. The monoisotopic (exact) mass is 209 g/mol. The van der Waals surface area contributed by atoms with Crippen LogP contribution in [-0.2, 0) is 6.54 Å². The lowest BCUT2D eigenvalue weighted by atomic mass is 9.90. The van der Waals surface area contributed by atoms with Crippen molar-refractivity contribution in [1.82, 2.24) is 4.90 Å². The molecule has 1 saturated heterocycles. The molecule has 2 atom stereocenters. The Hall–Kier alpha value is -0.380. The zero-order valence-electron chi connectivity index (χ0n) is 8.15. The number of fused-ring (bicyclic) bond motifs is 2. The number of aliphatic hydroxyl groups is 1. The first-order valence-electron chi connectivity index (χ1n) is 5.34. The van der Waals surface area contributed by atoms with Crippen molar-refractivity contribution in [3.63, 3.8) is 0 Å². The Balaban J connectivity index is 1.96. The largest absolute Gasteiger partial charge is 0.387 e. The summed E-state index contributed by atoms with van der Waals surface area (Å²) in [5, 5.41) is 12.3. The summed E-state index contributed by atoms with van der Waals surface area (Å²) in [5.41, 5.74) is 1.19. The van der Waals surface area contributed by atoms with Gasteiger partial charge in [-0.2, -0.15) is 0 Å². The van der Waals surface area contributed by atoms with E-state index in [4.69, 9.17) is 0 Å². The lowest BCUT2D eigenvalue weighted by Crippen LogP contribution is -2.45. The molecule has 0 bridgehead atoms. The molecule has 1 aromatic rings. The Kier molecular flexibility index (Phi) is 2.11. The molecule has 0 aromatic carbocycles. The van der Waals surface area contributed by atoms with E-state index in [2.05, 4.69) is 16.3 Å². The van der Waals surface area contributed by atoms with Crippen LogP contribution in [-0.4, -0.2) is 22.6 Å². The molecule has 2 nitrogen and oxygen atoms in total. The van der Waals surface area contributed by atoms with Crippen molar-refractivity contribution in [2.45, 2.75) is 38.0 Å². The Morgan fingerprint density at radius 3 is 3.29 bits per heavy atom. The molecular formula is C11H15NOS. The molecule has 14 heavy (non-hydrogen) atoms. The van der Waals surface area contributed by atoms with Crippen LogP contribution in [0.5, 0.6) is 0 Å². The van der Waals surface area contributed by atoms with Crippen LogP contribution >= 0.6 is 11.3 Å². The predicted molar refractivity (Wildman–Crippen MR) is 57.3 cm³/mol. The summed E-state index contributed by atoms with van der Waals surface area (Å²) >= 11 is 1.78. The van der Waals surface area contributed by atoms with Crippen molar-refractivity contribution in [3.05, 3.63) is 21.9 Å². The highest BCUT2D eigenvalue weighted by molar-refractivity contribution is 7.10. The molecule has 0 amide bonds. The molecule has 0 spiro atoms. The Bertz CT molecular complexity index is 336. The molecule has 3 heterocycles. The van der Waals surface area contributed by atoms with Crippen LogP contribution in [0.1, 0.15) is 35.8 Å². The third-order valence-corrected chi connectivity index (χ3v) is 4.40. The maximum atomic E-state index is 10.2. The van der Waals surface area contributed by atoms with Crippen LogP contribution in [0, 0.1) is 0 Å². The molecule has 3 heteroatoms. The molecule has 0 aliphatic carbocycles. The normalized spacial score (nSPS) is 32.4. The summed E-state index contributed by atoms with van der Waals surface area (Å²) < 4.78 is 0. The lowest BCUT2D eigenvalue weighted by molar-refractivity contribution is 0.00753. The standard InChI is InChI=1S/C11H15NOS/c13-11-8-4-6-14-10(8)7-12-5-2-1-3-9(11)12/h4,6,9,11,13H,1-3,5,7H2/t9-,11-/m0/s1. The van der Waals surface area contributed by atoms with Crippen LogP contribution < -0.4 is 0 Å². The first-order chi connectivity index (χ1) is 6.86. The van der Waals surface area contributed by atoms with Gasteiger partial charge in [0.15, 0.2) is 0 Å². The van der Waals surface area contributed by atoms with Gasteiger partial charge in [0.05, 0.1) is 6.10 Å². The maximum absolute atomic E-state index is 10.2. The molecule has 76 valence electrons. The third kappa shape index (κ3) is 1.23. The SMILES string of the molecule is O[C@H]1c2ccsc2CN2CCCC[C@@H]12. The number of nitrogens with zero attached hydrogens (tertiary/aromatic N) is 1. The van der Waals surface area contributed by atoms with Crippen LogP contribution in [0.4, 0.5) is 0 Å². The maximum Gasteiger partial charge on any atom is 0.0956 e. The van der Waals surface area contributed by atoms with Crippen LogP contribution in [0.3, 0.4) is 0 Å². The smallest absolute Gasteiger partial charge is 0.0956 e. The topological polar surface area (TPSA) is 23.5 Å². The predicted octanol–water partition coefficient (Wildman–Crippen LogP) is 2.15. The fourth-order valence-corrected chi connectivity index (χ4v) is 3.65. The third-order valence-electron chi connectivity index (χ3n) is 3.47. The number of thiophene rings is 1. The summed E-state index contributed by atoms with van der Waals surface area (Å²) in [5.74, 6) is 0. The fraction of sp³-hybridized carbons (Fsp3) is 0.636. The van der Waals surface area contributed by atoms with Crippen LogP contribution in [0.2, 0.25) is 0 Å². The van der Waals surface area contributed by atoms with E-state index < -0.39 is 0 Å². The van der Waals surface area contributed by atoms with Crippen LogP contribution in [0.15, 0.2) is 11.4 Å².